The lowest BCUT2D eigenvalue weighted by Crippen LogP contribution is -2.05. The number of rotatable bonds is 5. The van der Waals surface area contributed by atoms with Crippen molar-refractivity contribution in [3.8, 4) is 5.88 Å². The van der Waals surface area contributed by atoms with Gasteiger partial charge in [0, 0.05) is 6.54 Å². The Morgan fingerprint density at radius 1 is 1.38 bits per heavy atom. The first-order valence-electron chi connectivity index (χ1n) is 5.47. The number of aromatic nitrogens is 2. The Bertz CT molecular complexity index is 469. The monoisotopic (exact) mass is 237 g/mol. The van der Waals surface area contributed by atoms with Gasteiger partial charge in [-0.05, 0) is 24.8 Å². The van der Waals surface area contributed by atoms with Crippen molar-refractivity contribution in [3.05, 3.63) is 11.4 Å². The summed E-state index contributed by atoms with van der Waals surface area (Å²) in [5, 5.41) is 6.18. The Kier molecular flexibility index (Phi) is 3.56. The van der Waals surface area contributed by atoms with E-state index in [0.717, 1.165) is 23.2 Å². The molecule has 0 unspecified atom stereocenters. The van der Waals surface area contributed by atoms with Gasteiger partial charge in [0.2, 0.25) is 11.8 Å². The maximum Gasteiger partial charge on any atom is 0.227 e. The van der Waals surface area contributed by atoms with E-state index in [1.807, 2.05) is 18.4 Å². The van der Waals surface area contributed by atoms with Crippen molar-refractivity contribution in [1.82, 2.24) is 9.97 Å². The van der Waals surface area contributed by atoms with Crippen LogP contribution in [0.5, 0.6) is 5.88 Å². The molecule has 0 radical (unpaired) electrons. The summed E-state index contributed by atoms with van der Waals surface area (Å²) in [6.45, 7) is 5.57. The van der Waals surface area contributed by atoms with Gasteiger partial charge in [-0.3, -0.25) is 0 Å². The van der Waals surface area contributed by atoms with Gasteiger partial charge in [-0.2, -0.15) is 4.98 Å². The smallest absolute Gasteiger partial charge is 0.227 e. The van der Waals surface area contributed by atoms with Gasteiger partial charge >= 0.3 is 0 Å². The van der Waals surface area contributed by atoms with Crippen LogP contribution in [0.15, 0.2) is 11.4 Å². The molecule has 5 heteroatoms. The van der Waals surface area contributed by atoms with Crippen molar-refractivity contribution in [3.63, 3.8) is 0 Å². The minimum Gasteiger partial charge on any atom is -0.477 e. The lowest BCUT2D eigenvalue weighted by Gasteiger charge is -2.07. The lowest BCUT2D eigenvalue weighted by molar-refractivity contribution is 0.331. The van der Waals surface area contributed by atoms with E-state index < -0.39 is 0 Å². The van der Waals surface area contributed by atoms with E-state index in [1.165, 1.54) is 0 Å². The summed E-state index contributed by atoms with van der Waals surface area (Å²) in [5.74, 6) is 1.33. The number of thiophene rings is 1. The van der Waals surface area contributed by atoms with E-state index in [-0.39, 0.29) is 0 Å². The summed E-state index contributed by atoms with van der Waals surface area (Å²) in [6, 6.07) is 1.99. The second-order valence-electron chi connectivity index (χ2n) is 3.35. The number of fused-ring (bicyclic) bond motifs is 1. The van der Waals surface area contributed by atoms with Crippen LogP contribution in [-0.2, 0) is 0 Å². The van der Waals surface area contributed by atoms with E-state index in [0.29, 0.717) is 18.4 Å². The van der Waals surface area contributed by atoms with Gasteiger partial charge in [-0.1, -0.05) is 6.92 Å². The fraction of sp³-hybridized carbons (Fsp3) is 0.455. The molecule has 16 heavy (non-hydrogen) atoms. The second-order valence-corrected chi connectivity index (χ2v) is 4.25. The summed E-state index contributed by atoms with van der Waals surface area (Å²) in [4.78, 5) is 9.76. The van der Waals surface area contributed by atoms with E-state index in [9.17, 15) is 0 Å². The zero-order valence-corrected chi connectivity index (χ0v) is 10.3. The predicted molar refractivity (Wildman–Crippen MR) is 67.4 cm³/mol. The minimum atomic E-state index is 0.620. The number of anilines is 1. The molecule has 0 aromatic carbocycles. The van der Waals surface area contributed by atoms with Gasteiger partial charge in [0.05, 0.1) is 12.0 Å². The van der Waals surface area contributed by atoms with Crippen LogP contribution in [0.4, 0.5) is 5.95 Å². The Labute approximate surface area is 98.7 Å². The van der Waals surface area contributed by atoms with Crippen molar-refractivity contribution in [2.45, 2.75) is 20.3 Å². The maximum absolute atomic E-state index is 5.51. The molecule has 2 aromatic rings. The highest BCUT2D eigenvalue weighted by Crippen LogP contribution is 2.27. The van der Waals surface area contributed by atoms with Gasteiger partial charge in [-0.15, -0.1) is 11.3 Å². The fourth-order valence-corrected chi connectivity index (χ4v) is 2.15. The van der Waals surface area contributed by atoms with E-state index in [1.54, 1.807) is 11.3 Å². The first-order chi connectivity index (χ1) is 7.85. The topological polar surface area (TPSA) is 47.0 Å². The molecule has 0 fully saturated rings. The van der Waals surface area contributed by atoms with Gasteiger partial charge in [0.25, 0.3) is 0 Å². The summed E-state index contributed by atoms with van der Waals surface area (Å²) in [5.41, 5.74) is 0. The molecule has 0 aliphatic heterocycles. The van der Waals surface area contributed by atoms with Crippen LogP contribution >= 0.6 is 11.3 Å². The summed E-state index contributed by atoms with van der Waals surface area (Å²) in [6.07, 6.45) is 1.05. The zero-order chi connectivity index (χ0) is 11.4. The summed E-state index contributed by atoms with van der Waals surface area (Å²) >= 11 is 1.60. The molecule has 86 valence electrons. The second kappa shape index (κ2) is 5.12. The highest BCUT2D eigenvalue weighted by molar-refractivity contribution is 7.16. The van der Waals surface area contributed by atoms with E-state index in [4.69, 9.17) is 4.74 Å². The Hall–Kier alpha value is -1.36. The molecule has 2 aromatic heterocycles. The van der Waals surface area contributed by atoms with Crippen LogP contribution in [0.2, 0.25) is 0 Å². The molecule has 2 heterocycles. The van der Waals surface area contributed by atoms with Crippen LogP contribution in [0.3, 0.4) is 0 Å². The number of ether oxygens (including phenoxy) is 1. The quantitative estimate of drug-likeness (QED) is 0.868. The third-order valence-electron chi connectivity index (χ3n) is 2.10. The van der Waals surface area contributed by atoms with Crippen molar-refractivity contribution >= 4 is 27.5 Å². The van der Waals surface area contributed by atoms with Gasteiger partial charge in [-0.25, -0.2) is 4.98 Å². The van der Waals surface area contributed by atoms with Crippen molar-refractivity contribution in [1.29, 1.82) is 0 Å². The average molecular weight is 237 g/mol. The molecule has 1 N–H and O–H groups in total. The van der Waals surface area contributed by atoms with Crippen molar-refractivity contribution < 1.29 is 4.74 Å². The number of hydrogen-bond donors (Lipinski definition) is 1. The normalized spacial score (nSPS) is 10.6. The van der Waals surface area contributed by atoms with Gasteiger partial charge in [0.15, 0.2) is 0 Å². The molecular weight excluding hydrogens is 222 g/mol. The zero-order valence-electron chi connectivity index (χ0n) is 9.49. The van der Waals surface area contributed by atoms with Crippen LogP contribution in [-0.4, -0.2) is 23.1 Å². The SMILES string of the molecule is CCCNc1nc(OCC)c2ccsc2n1. The minimum absolute atomic E-state index is 0.620. The lowest BCUT2D eigenvalue weighted by atomic mass is 10.4. The molecular formula is C11H15N3OS. The molecule has 0 aliphatic carbocycles. The van der Waals surface area contributed by atoms with Gasteiger partial charge < -0.3 is 10.1 Å². The van der Waals surface area contributed by atoms with E-state index in [2.05, 4.69) is 22.2 Å². The van der Waals surface area contributed by atoms with Gasteiger partial charge in [0.1, 0.15) is 4.83 Å². The Morgan fingerprint density at radius 3 is 3.00 bits per heavy atom. The molecule has 0 amide bonds. The molecule has 0 saturated heterocycles. The highest BCUT2D eigenvalue weighted by atomic mass is 32.1. The third-order valence-corrected chi connectivity index (χ3v) is 2.91. The van der Waals surface area contributed by atoms with Crippen LogP contribution in [0.25, 0.3) is 10.2 Å². The fourth-order valence-electron chi connectivity index (χ4n) is 1.39. The highest BCUT2D eigenvalue weighted by Gasteiger charge is 2.08. The number of nitrogens with one attached hydrogen (secondary N) is 1. The number of nitrogens with zero attached hydrogens (tertiary/aromatic N) is 2. The molecule has 4 nitrogen and oxygen atoms in total. The largest absolute Gasteiger partial charge is 0.477 e. The Balaban J connectivity index is 2.36. The predicted octanol–water partition coefficient (Wildman–Crippen LogP) is 2.91. The average Bonchev–Trinajstić information content (AvgIpc) is 2.75. The molecule has 0 spiro atoms. The maximum atomic E-state index is 5.51. The first-order valence-corrected chi connectivity index (χ1v) is 6.35. The van der Waals surface area contributed by atoms with E-state index >= 15 is 0 Å². The molecule has 0 saturated carbocycles. The number of hydrogen-bond acceptors (Lipinski definition) is 5. The molecule has 0 atom stereocenters. The molecule has 0 aliphatic rings. The summed E-state index contributed by atoms with van der Waals surface area (Å²) < 4.78 is 5.51. The molecule has 2 rings (SSSR count). The molecule has 0 bridgehead atoms. The third kappa shape index (κ3) is 2.24. The summed E-state index contributed by atoms with van der Waals surface area (Å²) in [7, 11) is 0. The Morgan fingerprint density at radius 2 is 2.25 bits per heavy atom. The van der Waals surface area contributed by atoms with Crippen molar-refractivity contribution in [2.24, 2.45) is 0 Å². The standard InChI is InChI=1S/C11H15N3OS/c1-3-6-12-11-13-9(15-4-2)8-5-7-16-10(8)14-11/h5,7H,3-4,6H2,1-2H3,(H,12,13,14). The van der Waals surface area contributed by atoms with Crippen LogP contribution in [0, 0.1) is 0 Å². The van der Waals surface area contributed by atoms with Crippen molar-refractivity contribution in [2.75, 3.05) is 18.5 Å². The first kappa shape index (κ1) is 11.1. The van der Waals surface area contributed by atoms with Crippen LogP contribution < -0.4 is 10.1 Å². The van der Waals surface area contributed by atoms with Crippen LogP contribution in [0.1, 0.15) is 20.3 Å².